The highest BCUT2D eigenvalue weighted by Gasteiger charge is 2.12. The first-order valence-corrected chi connectivity index (χ1v) is 5.39. The van der Waals surface area contributed by atoms with Crippen LogP contribution in [0.1, 0.15) is 33.3 Å². The number of aryl methyl sites for hydroxylation is 1. The first-order chi connectivity index (χ1) is 6.97. The van der Waals surface area contributed by atoms with Gasteiger partial charge in [-0.3, -0.25) is 0 Å². The molecular formula is C13H22O2. The predicted octanol–water partition coefficient (Wildman–Crippen LogP) is 3.17. The summed E-state index contributed by atoms with van der Waals surface area (Å²) in [6.45, 7) is 9.78. The SMILES string of the molecule is CC.Cc1cccc(OCC(C)(C)O)c1. The van der Waals surface area contributed by atoms with Gasteiger partial charge in [0.05, 0.1) is 5.60 Å². The Labute approximate surface area is 92.9 Å². The summed E-state index contributed by atoms with van der Waals surface area (Å²) in [6.07, 6.45) is 0. The minimum absolute atomic E-state index is 0.316. The van der Waals surface area contributed by atoms with Crippen LogP contribution in [0.15, 0.2) is 24.3 Å². The van der Waals surface area contributed by atoms with E-state index in [9.17, 15) is 5.11 Å². The predicted molar refractivity (Wildman–Crippen MR) is 64.3 cm³/mol. The molecule has 1 rings (SSSR count). The van der Waals surface area contributed by atoms with Crippen molar-refractivity contribution >= 4 is 0 Å². The Morgan fingerprint density at radius 1 is 1.27 bits per heavy atom. The van der Waals surface area contributed by atoms with Crippen molar-refractivity contribution in [3.63, 3.8) is 0 Å². The second kappa shape index (κ2) is 6.46. The molecule has 1 N–H and O–H groups in total. The Hall–Kier alpha value is -1.02. The molecule has 0 amide bonds. The fourth-order valence-electron chi connectivity index (χ4n) is 0.965. The summed E-state index contributed by atoms with van der Waals surface area (Å²) in [5.41, 5.74) is 0.386. The Kier molecular flexibility index (Phi) is 6.02. The van der Waals surface area contributed by atoms with Crippen molar-refractivity contribution in [2.75, 3.05) is 6.61 Å². The molecule has 0 aliphatic rings. The van der Waals surface area contributed by atoms with Gasteiger partial charge in [-0.25, -0.2) is 0 Å². The molecule has 0 radical (unpaired) electrons. The van der Waals surface area contributed by atoms with Crippen LogP contribution in [-0.4, -0.2) is 17.3 Å². The van der Waals surface area contributed by atoms with Crippen LogP contribution in [0.2, 0.25) is 0 Å². The molecule has 0 aliphatic heterocycles. The highest BCUT2D eigenvalue weighted by atomic mass is 16.5. The second-order valence-corrected chi connectivity index (χ2v) is 3.92. The summed E-state index contributed by atoms with van der Waals surface area (Å²) in [5, 5.41) is 9.42. The zero-order valence-corrected chi connectivity index (χ0v) is 10.4. The molecule has 0 unspecified atom stereocenters. The minimum Gasteiger partial charge on any atom is -0.491 e. The topological polar surface area (TPSA) is 29.5 Å². The highest BCUT2D eigenvalue weighted by molar-refractivity contribution is 5.27. The van der Waals surface area contributed by atoms with Gasteiger partial charge in [-0.2, -0.15) is 0 Å². The first kappa shape index (κ1) is 14.0. The van der Waals surface area contributed by atoms with E-state index in [0.717, 1.165) is 11.3 Å². The fraction of sp³-hybridized carbons (Fsp3) is 0.538. The average molecular weight is 210 g/mol. The molecule has 0 aromatic heterocycles. The van der Waals surface area contributed by atoms with Crippen molar-refractivity contribution in [2.24, 2.45) is 0 Å². The first-order valence-electron chi connectivity index (χ1n) is 5.39. The van der Waals surface area contributed by atoms with E-state index in [2.05, 4.69) is 0 Å². The van der Waals surface area contributed by atoms with Gasteiger partial charge in [0.25, 0.3) is 0 Å². The summed E-state index contributed by atoms with van der Waals surface area (Å²) in [4.78, 5) is 0. The molecule has 0 spiro atoms. The zero-order chi connectivity index (χ0) is 11.9. The van der Waals surface area contributed by atoms with Gasteiger partial charge in [-0.15, -0.1) is 0 Å². The second-order valence-electron chi connectivity index (χ2n) is 3.92. The van der Waals surface area contributed by atoms with Crippen LogP contribution >= 0.6 is 0 Å². The Bertz CT molecular complexity index is 274. The van der Waals surface area contributed by atoms with Gasteiger partial charge in [-0.05, 0) is 38.5 Å². The van der Waals surface area contributed by atoms with E-state index in [4.69, 9.17) is 4.74 Å². The molecule has 0 saturated heterocycles. The number of rotatable bonds is 3. The van der Waals surface area contributed by atoms with Crippen LogP contribution in [0.4, 0.5) is 0 Å². The van der Waals surface area contributed by atoms with Gasteiger partial charge < -0.3 is 9.84 Å². The largest absolute Gasteiger partial charge is 0.491 e. The molecule has 2 heteroatoms. The normalized spacial score (nSPS) is 10.3. The number of aliphatic hydroxyl groups is 1. The van der Waals surface area contributed by atoms with Crippen molar-refractivity contribution in [2.45, 2.75) is 40.2 Å². The maximum Gasteiger partial charge on any atom is 0.119 e. The molecule has 0 bridgehead atoms. The minimum atomic E-state index is -0.774. The molecule has 1 aromatic carbocycles. The van der Waals surface area contributed by atoms with Crippen molar-refractivity contribution in [3.05, 3.63) is 29.8 Å². The lowest BCUT2D eigenvalue weighted by Gasteiger charge is -2.17. The molecular weight excluding hydrogens is 188 g/mol. The standard InChI is InChI=1S/C11H16O2.C2H6/c1-9-5-4-6-10(7-9)13-8-11(2,3)12;1-2/h4-7,12H,8H2,1-3H3;1-2H3. The van der Waals surface area contributed by atoms with Crippen molar-refractivity contribution in [1.29, 1.82) is 0 Å². The summed E-state index contributed by atoms with van der Waals surface area (Å²) in [7, 11) is 0. The zero-order valence-electron chi connectivity index (χ0n) is 10.4. The molecule has 1 aromatic rings. The third-order valence-corrected chi connectivity index (χ3v) is 1.58. The molecule has 86 valence electrons. The van der Waals surface area contributed by atoms with E-state index >= 15 is 0 Å². The third-order valence-electron chi connectivity index (χ3n) is 1.58. The molecule has 0 aliphatic carbocycles. The monoisotopic (exact) mass is 210 g/mol. The number of benzene rings is 1. The lowest BCUT2D eigenvalue weighted by molar-refractivity contribution is 0.0284. The van der Waals surface area contributed by atoms with Gasteiger partial charge in [0.1, 0.15) is 12.4 Å². The number of hydrogen-bond acceptors (Lipinski definition) is 2. The molecule has 0 atom stereocenters. The maximum absolute atomic E-state index is 9.42. The average Bonchev–Trinajstić information content (AvgIpc) is 2.17. The van der Waals surface area contributed by atoms with E-state index in [1.807, 2.05) is 45.0 Å². The van der Waals surface area contributed by atoms with Crippen molar-refractivity contribution in [1.82, 2.24) is 0 Å². The summed E-state index contributed by atoms with van der Waals surface area (Å²) in [5.74, 6) is 0.808. The number of ether oxygens (including phenoxy) is 1. The van der Waals surface area contributed by atoms with Gasteiger partial charge >= 0.3 is 0 Å². The summed E-state index contributed by atoms with van der Waals surface area (Å²) in [6, 6.07) is 7.79. The van der Waals surface area contributed by atoms with Crippen LogP contribution in [0.3, 0.4) is 0 Å². The van der Waals surface area contributed by atoms with E-state index in [1.54, 1.807) is 13.8 Å². The molecule has 2 nitrogen and oxygen atoms in total. The Morgan fingerprint density at radius 3 is 2.33 bits per heavy atom. The van der Waals surface area contributed by atoms with Crippen LogP contribution in [-0.2, 0) is 0 Å². The van der Waals surface area contributed by atoms with Gasteiger partial charge in [-0.1, -0.05) is 26.0 Å². The maximum atomic E-state index is 9.42. The lowest BCUT2D eigenvalue weighted by atomic mass is 10.2. The van der Waals surface area contributed by atoms with Crippen molar-refractivity contribution < 1.29 is 9.84 Å². The van der Waals surface area contributed by atoms with Crippen LogP contribution in [0.25, 0.3) is 0 Å². The van der Waals surface area contributed by atoms with Gasteiger partial charge in [0.2, 0.25) is 0 Å². The summed E-state index contributed by atoms with van der Waals surface area (Å²) < 4.78 is 5.40. The van der Waals surface area contributed by atoms with E-state index < -0.39 is 5.60 Å². The van der Waals surface area contributed by atoms with E-state index in [-0.39, 0.29) is 0 Å². The number of hydrogen-bond donors (Lipinski definition) is 1. The van der Waals surface area contributed by atoms with Crippen LogP contribution in [0, 0.1) is 6.92 Å². The molecule has 0 fully saturated rings. The van der Waals surface area contributed by atoms with Gasteiger partial charge in [0, 0.05) is 0 Å². The fourth-order valence-corrected chi connectivity index (χ4v) is 0.965. The quantitative estimate of drug-likeness (QED) is 0.830. The van der Waals surface area contributed by atoms with Crippen LogP contribution in [0.5, 0.6) is 5.75 Å². The van der Waals surface area contributed by atoms with Gasteiger partial charge in [0.15, 0.2) is 0 Å². The van der Waals surface area contributed by atoms with E-state index in [0.29, 0.717) is 6.61 Å². The van der Waals surface area contributed by atoms with Crippen molar-refractivity contribution in [3.8, 4) is 5.75 Å². The lowest BCUT2D eigenvalue weighted by Crippen LogP contribution is -2.27. The Balaban J connectivity index is 0.000000921. The van der Waals surface area contributed by atoms with Crippen LogP contribution < -0.4 is 4.74 Å². The molecule has 0 heterocycles. The third kappa shape index (κ3) is 6.97. The molecule has 0 saturated carbocycles. The highest BCUT2D eigenvalue weighted by Crippen LogP contribution is 2.14. The smallest absolute Gasteiger partial charge is 0.119 e. The Morgan fingerprint density at radius 2 is 1.87 bits per heavy atom. The molecule has 15 heavy (non-hydrogen) atoms. The van der Waals surface area contributed by atoms with E-state index in [1.165, 1.54) is 0 Å². The summed E-state index contributed by atoms with van der Waals surface area (Å²) >= 11 is 0.